The average Bonchev–Trinajstić information content (AvgIpc) is 2.56. The summed E-state index contributed by atoms with van der Waals surface area (Å²) in [5.41, 5.74) is 0.537. The number of urea groups is 1. The lowest BCUT2D eigenvalue weighted by atomic mass is 10.1. The molecule has 1 atom stereocenters. The van der Waals surface area contributed by atoms with Gasteiger partial charge in [0, 0.05) is 15.7 Å². The van der Waals surface area contributed by atoms with Crippen LogP contribution in [0, 0.1) is 9.39 Å². The number of halogens is 2. The van der Waals surface area contributed by atoms with Gasteiger partial charge < -0.3 is 10.6 Å². The van der Waals surface area contributed by atoms with Gasteiger partial charge in [0.25, 0.3) is 0 Å². The number of rotatable bonds is 1. The van der Waals surface area contributed by atoms with Crippen LogP contribution in [0.3, 0.4) is 0 Å². The second-order valence-corrected chi connectivity index (χ2v) is 4.32. The fraction of sp³-hybridized carbons (Fsp3) is 0.222. The summed E-state index contributed by atoms with van der Waals surface area (Å²) >= 11 is 2.11. The maximum Gasteiger partial charge on any atom is 0.315 e. The van der Waals surface area contributed by atoms with Crippen molar-refractivity contribution in [2.75, 3.05) is 6.54 Å². The molecule has 0 saturated carbocycles. The third-order valence-corrected chi connectivity index (χ3v) is 2.78. The highest BCUT2D eigenvalue weighted by atomic mass is 127. The number of amides is 2. The molecule has 2 amide bonds. The van der Waals surface area contributed by atoms with E-state index in [9.17, 15) is 9.18 Å². The summed E-state index contributed by atoms with van der Waals surface area (Å²) < 4.78 is 14.3. The number of nitrogens with one attached hydrogen (secondary N) is 2. The molecular formula is C9H8FIN2O. The second kappa shape index (κ2) is 3.72. The van der Waals surface area contributed by atoms with Crippen LogP contribution in [0.15, 0.2) is 18.2 Å². The van der Waals surface area contributed by atoms with Crippen molar-refractivity contribution in [2.45, 2.75) is 6.04 Å². The maximum absolute atomic E-state index is 13.4. The lowest BCUT2D eigenvalue weighted by Gasteiger charge is -2.10. The standard InChI is InChI=1S/C9H8FIN2O/c10-7-2-1-5(11)3-6(7)8-4-12-9(14)13-8/h1-3,8H,4H2,(H2,12,13,14)/t8-/m0/s1. The van der Waals surface area contributed by atoms with E-state index in [1.807, 2.05) is 0 Å². The first-order valence-corrected chi connectivity index (χ1v) is 5.24. The lowest BCUT2D eigenvalue weighted by Crippen LogP contribution is -2.22. The monoisotopic (exact) mass is 306 g/mol. The molecule has 74 valence electrons. The summed E-state index contributed by atoms with van der Waals surface area (Å²) in [6, 6.07) is 4.37. The first-order valence-electron chi connectivity index (χ1n) is 4.16. The van der Waals surface area contributed by atoms with Crippen LogP contribution in [-0.4, -0.2) is 12.6 Å². The van der Waals surface area contributed by atoms with Crippen LogP contribution in [0.4, 0.5) is 9.18 Å². The van der Waals surface area contributed by atoms with E-state index in [-0.39, 0.29) is 17.9 Å². The van der Waals surface area contributed by atoms with E-state index in [0.717, 1.165) is 3.57 Å². The number of carbonyl (C=O) groups is 1. The molecule has 0 aliphatic carbocycles. The lowest BCUT2D eigenvalue weighted by molar-refractivity contribution is 0.247. The van der Waals surface area contributed by atoms with Crippen LogP contribution in [0.5, 0.6) is 0 Å². The van der Waals surface area contributed by atoms with Gasteiger partial charge in [-0.2, -0.15) is 0 Å². The zero-order chi connectivity index (χ0) is 10.1. The summed E-state index contributed by atoms with van der Waals surface area (Å²) in [7, 11) is 0. The smallest absolute Gasteiger partial charge is 0.315 e. The van der Waals surface area contributed by atoms with Crippen molar-refractivity contribution in [3.8, 4) is 0 Å². The van der Waals surface area contributed by atoms with Crippen LogP contribution in [0.1, 0.15) is 11.6 Å². The van der Waals surface area contributed by atoms with Gasteiger partial charge in [0.1, 0.15) is 5.82 Å². The van der Waals surface area contributed by atoms with Gasteiger partial charge in [-0.15, -0.1) is 0 Å². The Morgan fingerprint density at radius 2 is 2.29 bits per heavy atom. The quantitative estimate of drug-likeness (QED) is 0.763. The molecule has 1 aromatic rings. The van der Waals surface area contributed by atoms with Gasteiger partial charge in [-0.05, 0) is 40.8 Å². The number of carbonyl (C=O) groups excluding carboxylic acids is 1. The van der Waals surface area contributed by atoms with Crippen LogP contribution in [-0.2, 0) is 0 Å². The molecule has 2 N–H and O–H groups in total. The van der Waals surface area contributed by atoms with Gasteiger partial charge in [0.05, 0.1) is 6.04 Å². The second-order valence-electron chi connectivity index (χ2n) is 3.07. The van der Waals surface area contributed by atoms with Crippen molar-refractivity contribution in [1.82, 2.24) is 10.6 Å². The van der Waals surface area contributed by atoms with E-state index in [4.69, 9.17) is 0 Å². The minimum Gasteiger partial charge on any atom is -0.336 e. The molecule has 5 heteroatoms. The highest BCUT2D eigenvalue weighted by molar-refractivity contribution is 14.1. The molecule has 0 radical (unpaired) electrons. The Bertz CT molecular complexity index is 383. The minimum absolute atomic E-state index is 0.242. The number of benzene rings is 1. The maximum atomic E-state index is 13.4. The molecule has 14 heavy (non-hydrogen) atoms. The summed E-state index contributed by atoms with van der Waals surface area (Å²) in [6.45, 7) is 0.440. The van der Waals surface area contributed by atoms with Gasteiger partial charge >= 0.3 is 6.03 Å². The molecule has 1 saturated heterocycles. The van der Waals surface area contributed by atoms with Gasteiger partial charge in [-0.25, -0.2) is 9.18 Å². The molecule has 1 aromatic carbocycles. The van der Waals surface area contributed by atoms with Crippen LogP contribution < -0.4 is 10.6 Å². The van der Waals surface area contributed by atoms with Crippen molar-refractivity contribution in [2.24, 2.45) is 0 Å². The third kappa shape index (κ3) is 1.82. The average molecular weight is 306 g/mol. The summed E-state index contributed by atoms with van der Waals surface area (Å²) in [6.07, 6.45) is 0. The molecule has 3 nitrogen and oxygen atoms in total. The van der Waals surface area contributed by atoms with E-state index in [1.165, 1.54) is 6.07 Å². The molecule has 0 bridgehead atoms. The zero-order valence-electron chi connectivity index (χ0n) is 7.18. The van der Waals surface area contributed by atoms with Crippen LogP contribution >= 0.6 is 22.6 Å². The predicted octanol–water partition coefficient (Wildman–Crippen LogP) is 1.78. The molecule has 0 unspecified atom stereocenters. The van der Waals surface area contributed by atoms with Crippen molar-refractivity contribution >= 4 is 28.6 Å². The fourth-order valence-corrected chi connectivity index (χ4v) is 1.94. The topological polar surface area (TPSA) is 41.1 Å². The van der Waals surface area contributed by atoms with Gasteiger partial charge in [-0.3, -0.25) is 0 Å². The van der Waals surface area contributed by atoms with Crippen molar-refractivity contribution in [1.29, 1.82) is 0 Å². The van der Waals surface area contributed by atoms with E-state index >= 15 is 0 Å². The molecular weight excluding hydrogens is 298 g/mol. The number of hydrogen-bond donors (Lipinski definition) is 2. The SMILES string of the molecule is O=C1NC[C@@H](c2cc(I)ccc2F)N1. The number of hydrogen-bond acceptors (Lipinski definition) is 1. The Kier molecular flexibility index (Phi) is 2.58. The van der Waals surface area contributed by atoms with E-state index < -0.39 is 0 Å². The molecule has 1 fully saturated rings. The third-order valence-electron chi connectivity index (χ3n) is 2.11. The fourth-order valence-electron chi connectivity index (χ4n) is 1.42. The predicted molar refractivity (Wildman–Crippen MR) is 58.4 cm³/mol. The van der Waals surface area contributed by atoms with Gasteiger partial charge in [-0.1, -0.05) is 0 Å². The Morgan fingerprint density at radius 3 is 2.93 bits per heavy atom. The van der Waals surface area contributed by atoms with Gasteiger partial charge in [0.2, 0.25) is 0 Å². The molecule has 2 rings (SSSR count). The van der Waals surface area contributed by atoms with Crippen LogP contribution in [0.25, 0.3) is 0 Å². The zero-order valence-corrected chi connectivity index (χ0v) is 9.34. The summed E-state index contributed by atoms with van der Waals surface area (Å²) in [5, 5.41) is 5.24. The minimum atomic E-state index is -0.278. The van der Waals surface area contributed by atoms with E-state index in [2.05, 4.69) is 33.2 Å². The first kappa shape index (κ1) is 9.70. The Labute approximate surface area is 94.2 Å². The molecule has 0 spiro atoms. The molecule has 1 heterocycles. The molecule has 0 aromatic heterocycles. The summed E-state index contributed by atoms with van der Waals surface area (Å²) in [4.78, 5) is 10.9. The Morgan fingerprint density at radius 1 is 1.50 bits per heavy atom. The Balaban J connectivity index is 2.31. The highest BCUT2D eigenvalue weighted by Gasteiger charge is 2.23. The Hall–Kier alpha value is -0.850. The largest absolute Gasteiger partial charge is 0.336 e. The van der Waals surface area contributed by atoms with Crippen molar-refractivity contribution in [3.05, 3.63) is 33.1 Å². The van der Waals surface area contributed by atoms with E-state index in [1.54, 1.807) is 12.1 Å². The molecule has 1 aliphatic rings. The van der Waals surface area contributed by atoms with Gasteiger partial charge in [0.15, 0.2) is 0 Å². The van der Waals surface area contributed by atoms with Crippen LogP contribution in [0.2, 0.25) is 0 Å². The van der Waals surface area contributed by atoms with E-state index in [0.29, 0.717) is 12.1 Å². The van der Waals surface area contributed by atoms with Crippen molar-refractivity contribution < 1.29 is 9.18 Å². The van der Waals surface area contributed by atoms with Crippen molar-refractivity contribution in [3.63, 3.8) is 0 Å². The highest BCUT2D eigenvalue weighted by Crippen LogP contribution is 2.21. The normalized spacial score (nSPS) is 20.4. The molecule has 1 aliphatic heterocycles. The summed E-state index contributed by atoms with van der Waals surface area (Å²) in [5.74, 6) is -0.278. The first-order chi connectivity index (χ1) is 6.66.